The molecule has 0 N–H and O–H groups in total. The Labute approximate surface area is 402 Å². The summed E-state index contributed by atoms with van der Waals surface area (Å²) in [4.78, 5) is 36.1. The highest BCUT2D eigenvalue weighted by Gasteiger charge is 2.27. The summed E-state index contributed by atoms with van der Waals surface area (Å²) < 4.78 is 0. The second-order valence-electron chi connectivity index (χ2n) is 19.0. The molecule has 9 nitrogen and oxygen atoms in total. The summed E-state index contributed by atoms with van der Waals surface area (Å²) in [5, 5.41) is 0. The molecular weight excluding hydrogens is 803 g/mol. The van der Waals surface area contributed by atoms with Crippen LogP contribution in [0.4, 0.5) is 0 Å². The molecule has 6 saturated heterocycles. The van der Waals surface area contributed by atoms with E-state index in [4.69, 9.17) is 0 Å². The van der Waals surface area contributed by atoms with E-state index in [9.17, 15) is 9.59 Å². The molecule has 2 amide bonds. The lowest BCUT2D eigenvalue weighted by Gasteiger charge is -2.33. The zero-order valence-corrected chi connectivity index (χ0v) is 42.8. The first kappa shape index (κ1) is 62.4. The number of rotatable bonds is 0. The standard InChI is InChI=1S/C9H15N.C8H13NO.C8H13N.C8H15N.C7H11NO.C7H13N.C7H11N.2CH4/c1-7-5-6-10(4)9(3)8(7)2;1-6-4-5-8(10)9(3)7(6)2;1-6-5-9(4)8(3)7(6)2;1-7-5-4-6-9(3)8(7)2;1-5-4-7(9)8(3)6(5)2;2*1-6-4-5-8(3)7(6)2;;/h8H,1,3,5-6H2,2,4H3;6H,2,4-5H2,1,3H3;7H,1,3,5H2,2,4H3;7H,2,4-6H2,1,3H3;5H,2,4H2,1,3H3;6H,2,4-5H2,1,3H3;4-6H,2H2,1,3H3;2*1H4. The van der Waals surface area contributed by atoms with Gasteiger partial charge in [-0.25, -0.2) is 0 Å². The first-order valence-electron chi connectivity index (χ1n) is 23.1. The third-order valence-electron chi connectivity index (χ3n) is 14.2. The van der Waals surface area contributed by atoms with Crippen molar-refractivity contribution in [1.82, 2.24) is 34.3 Å². The molecule has 7 aliphatic rings. The van der Waals surface area contributed by atoms with Gasteiger partial charge in [-0.15, -0.1) is 0 Å². The Morgan fingerprint density at radius 2 is 0.908 bits per heavy atom. The van der Waals surface area contributed by atoms with Crippen molar-refractivity contribution >= 4 is 11.8 Å². The Bertz CT molecular complexity index is 1600. The Kier molecular flexibility index (Phi) is 27.9. The molecule has 0 aliphatic carbocycles. The van der Waals surface area contributed by atoms with Crippen molar-refractivity contribution in [3.05, 3.63) is 123 Å². The van der Waals surface area contributed by atoms with Crippen LogP contribution in [0.3, 0.4) is 0 Å². The monoisotopic (exact) mass is 902 g/mol. The number of amides is 2. The van der Waals surface area contributed by atoms with Crippen LogP contribution in [0.25, 0.3) is 0 Å². The highest BCUT2D eigenvalue weighted by molar-refractivity contribution is 5.81. The average molecular weight is 902 g/mol. The first-order chi connectivity index (χ1) is 29.1. The van der Waals surface area contributed by atoms with Crippen LogP contribution < -0.4 is 0 Å². The fourth-order valence-electron chi connectivity index (χ4n) is 7.70. The highest BCUT2D eigenvalue weighted by Crippen LogP contribution is 2.29. The van der Waals surface area contributed by atoms with Crippen LogP contribution in [0.1, 0.15) is 108 Å². The Balaban J connectivity index is 0. The van der Waals surface area contributed by atoms with Crippen LogP contribution in [0, 0.1) is 41.4 Å². The Morgan fingerprint density at radius 3 is 1.18 bits per heavy atom. The van der Waals surface area contributed by atoms with E-state index in [1.54, 1.807) is 23.9 Å². The molecule has 0 radical (unpaired) electrons. The lowest BCUT2D eigenvalue weighted by atomic mass is 9.92. The Hall–Kier alpha value is -4.66. The fraction of sp³-hybridized carbons (Fsp3) is 0.607. The number of hydrogen-bond acceptors (Lipinski definition) is 7. The largest absolute Gasteiger partial charge is 0.378 e. The van der Waals surface area contributed by atoms with E-state index in [1.807, 2.05) is 25.1 Å². The SMILES string of the molecule is C.C.C=C1C(C)C=CN1C.C=C1C(C)CC(=O)N1C.C=C1C(C)CCC(=O)N1C.C=C1C(C)CCCN1C.C=C1C(C)CCN1C.C=C1CCN(C)C(=C)C1C.C=C1CN(C)C(=C)C1C. The van der Waals surface area contributed by atoms with Gasteiger partial charge in [-0.1, -0.05) is 134 Å². The van der Waals surface area contributed by atoms with Gasteiger partial charge in [0.1, 0.15) is 0 Å². The molecule has 7 unspecified atom stereocenters. The van der Waals surface area contributed by atoms with Gasteiger partial charge in [0, 0.05) is 158 Å². The van der Waals surface area contributed by atoms with Crippen molar-refractivity contribution in [2.75, 3.05) is 75.5 Å². The maximum atomic E-state index is 11.0. The quantitative estimate of drug-likeness (QED) is 0.225. The number of allylic oxidation sites excluding steroid dienone is 7. The van der Waals surface area contributed by atoms with Crippen molar-refractivity contribution in [1.29, 1.82) is 0 Å². The summed E-state index contributed by atoms with van der Waals surface area (Å²) in [6.45, 7) is 54.8. The molecule has 65 heavy (non-hydrogen) atoms. The normalized spacial score (nSPS) is 27.1. The molecule has 7 atom stereocenters. The number of piperidine rings is 3. The van der Waals surface area contributed by atoms with E-state index in [0.717, 1.165) is 43.2 Å². The molecule has 0 spiro atoms. The van der Waals surface area contributed by atoms with E-state index in [-0.39, 0.29) is 26.7 Å². The number of carbonyl (C=O) groups is 2. The lowest BCUT2D eigenvalue weighted by molar-refractivity contribution is -0.130. The molecule has 7 aliphatic heterocycles. The van der Waals surface area contributed by atoms with Gasteiger partial charge in [0.15, 0.2) is 0 Å². The zero-order chi connectivity index (χ0) is 48.6. The molecular formula is C56H99N7O2. The van der Waals surface area contributed by atoms with E-state index in [1.165, 1.54) is 72.0 Å². The van der Waals surface area contributed by atoms with Crippen molar-refractivity contribution in [2.45, 2.75) is 108 Å². The van der Waals surface area contributed by atoms with Gasteiger partial charge in [0.05, 0.1) is 0 Å². The van der Waals surface area contributed by atoms with E-state index >= 15 is 0 Å². The minimum Gasteiger partial charge on any atom is -0.378 e. The molecule has 7 heterocycles. The third kappa shape index (κ3) is 19.0. The minimum atomic E-state index is 0. The van der Waals surface area contributed by atoms with Gasteiger partial charge in [-0.3, -0.25) is 9.59 Å². The summed E-state index contributed by atoms with van der Waals surface area (Å²) in [6, 6.07) is 0. The summed E-state index contributed by atoms with van der Waals surface area (Å²) in [5.41, 5.74) is 10.7. The molecule has 7 rings (SSSR count). The summed E-state index contributed by atoms with van der Waals surface area (Å²) in [6.07, 6.45) is 11.5. The molecule has 0 aromatic carbocycles. The highest BCUT2D eigenvalue weighted by atomic mass is 16.2. The van der Waals surface area contributed by atoms with Gasteiger partial charge in [-0.05, 0) is 55.4 Å². The van der Waals surface area contributed by atoms with E-state index < -0.39 is 0 Å². The van der Waals surface area contributed by atoms with Gasteiger partial charge in [0.2, 0.25) is 11.8 Å². The van der Waals surface area contributed by atoms with Crippen LogP contribution >= 0.6 is 0 Å². The lowest BCUT2D eigenvalue weighted by Crippen LogP contribution is -2.33. The molecule has 0 aromatic rings. The maximum absolute atomic E-state index is 11.0. The molecule has 9 heteroatoms. The van der Waals surface area contributed by atoms with Crippen molar-refractivity contribution in [3.63, 3.8) is 0 Å². The molecule has 0 saturated carbocycles. The van der Waals surface area contributed by atoms with Crippen molar-refractivity contribution in [2.24, 2.45) is 41.4 Å². The van der Waals surface area contributed by atoms with Gasteiger partial charge >= 0.3 is 0 Å². The number of hydrogen-bond donors (Lipinski definition) is 0. The average Bonchev–Trinajstić information content (AvgIpc) is 3.87. The number of likely N-dealkylation sites (N-methyl/N-ethyl adjacent to an activating group) is 1. The van der Waals surface area contributed by atoms with Crippen molar-refractivity contribution in [3.8, 4) is 0 Å². The number of likely N-dealkylation sites (tertiary alicyclic amines) is 6. The summed E-state index contributed by atoms with van der Waals surface area (Å²) >= 11 is 0. The summed E-state index contributed by atoms with van der Waals surface area (Å²) in [7, 11) is 13.9. The number of nitrogens with zero attached hydrogens (tertiary/aromatic N) is 7. The number of carbonyl (C=O) groups excluding carboxylic acids is 2. The van der Waals surface area contributed by atoms with Gasteiger partial charge < -0.3 is 34.3 Å². The molecule has 0 aromatic heterocycles. The molecule has 370 valence electrons. The Morgan fingerprint density at radius 1 is 0.462 bits per heavy atom. The third-order valence-corrected chi connectivity index (χ3v) is 14.2. The van der Waals surface area contributed by atoms with E-state index in [2.05, 4.69) is 155 Å². The van der Waals surface area contributed by atoms with E-state index in [0.29, 0.717) is 48.3 Å². The minimum absolute atomic E-state index is 0. The van der Waals surface area contributed by atoms with Crippen LogP contribution in [-0.4, -0.2) is 122 Å². The van der Waals surface area contributed by atoms with Crippen LogP contribution in [0.5, 0.6) is 0 Å². The molecule has 6 fully saturated rings. The second kappa shape index (κ2) is 29.1. The fourth-order valence-corrected chi connectivity index (χ4v) is 7.70. The molecule has 0 bridgehead atoms. The smallest absolute Gasteiger partial charge is 0.227 e. The summed E-state index contributed by atoms with van der Waals surface area (Å²) in [5.74, 6) is 4.17. The maximum Gasteiger partial charge on any atom is 0.227 e. The zero-order valence-electron chi connectivity index (χ0n) is 42.8. The second-order valence-corrected chi connectivity index (χ2v) is 19.0. The van der Waals surface area contributed by atoms with Crippen molar-refractivity contribution < 1.29 is 9.59 Å². The predicted molar refractivity (Wildman–Crippen MR) is 285 cm³/mol. The van der Waals surface area contributed by atoms with Gasteiger partial charge in [-0.2, -0.15) is 0 Å². The van der Waals surface area contributed by atoms with Crippen LogP contribution in [0.2, 0.25) is 0 Å². The predicted octanol–water partition coefficient (Wildman–Crippen LogP) is 12.3. The van der Waals surface area contributed by atoms with Crippen LogP contribution in [0.15, 0.2) is 123 Å². The van der Waals surface area contributed by atoms with Gasteiger partial charge in [0.25, 0.3) is 0 Å². The topological polar surface area (TPSA) is 56.8 Å². The van der Waals surface area contributed by atoms with Crippen LogP contribution in [-0.2, 0) is 9.59 Å². The first-order valence-corrected chi connectivity index (χ1v) is 23.1.